The summed E-state index contributed by atoms with van der Waals surface area (Å²) in [6.07, 6.45) is 0.528. The number of fused-ring (bicyclic) bond motifs is 1. The fraction of sp³-hybridized carbons (Fsp3) is 0.235. The topological polar surface area (TPSA) is 55.6 Å². The van der Waals surface area contributed by atoms with Gasteiger partial charge in [0.2, 0.25) is 0 Å². The molecule has 0 aliphatic carbocycles. The van der Waals surface area contributed by atoms with Gasteiger partial charge in [-0.15, -0.1) is 0 Å². The number of ether oxygens (including phenoxy) is 1. The molecule has 0 aromatic heterocycles. The third-order valence-electron chi connectivity index (χ3n) is 3.75. The molecule has 1 aliphatic rings. The van der Waals surface area contributed by atoms with Crippen LogP contribution in [0.5, 0.6) is 5.75 Å². The molecule has 108 valence electrons. The van der Waals surface area contributed by atoms with Gasteiger partial charge in [-0.1, -0.05) is 36.4 Å². The van der Waals surface area contributed by atoms with E-state index in [4.69, 9.17) is 10.5 Å². The first-order chi connectivity index (χ1) is 10.3. The number of hydrogen-bond acceptors (Lipinski definition) is 3. The van der Waals surface area contributed by atoms with Crippen LogP contribution >= 0.6 is 0 Å². The molecule has 1 aliphatic heterocycles. The van der Waals surface area contributed by atoms with E-state index in [1.807, 2.05) is 36.4 Å². The minimum atomic E-state index is -0.340. The summed E-state index contributed by atoms with van der Waals surface area (Å²) in [5, 5.41) is 0. The summed E-state index contributed by atoms with van der Waals surface area (Å²) >= 11 is 0. The monoisotopic (exact) mass is 282 g/mol. The van der Waals surface area contributed by atoms with Gasteiger partial charge in [-0.3, -0.25) is 4.90 Å². The Hall–Kier alpha value is -2.33. The summed E-state index contributed by atoms with van der Waals surface area (Å²) in [5.74, 6) is 0.844. The van der Waals surface area contributed by atoms with Crippen molar-refractivity contribution in [1.82, 2.24) is 0 Å². The summed E-state index contributed by atoms with van der Waals surface area (Å²) in [6.45, 7) is 1.24. The second-order valence-electron chi connectivity index (χ2n) is 5.12. The molecule has 2 N–H and O–H groups in total. The summed E-state index contributed by atoms with van der Waals surface area (Å²) in [5.41, 5.74) is 7.78. The maximum Gasteiger partial charge on any atom is 0.419 e. The highest BCUT2D eigenvalue weighted by Gasteiger charge is 2.32. The van der Waals surface area contributed by atoms with Gasteiger partial charge >= 0.3 is 6.09 Å². The average Bonchev–Trinajstić information content (AvgIpc) is 2.88. The number of amides is 1. The molecule has 1 amide bonds. The number of benzene rings is 2. The smallest absolute Gasteiger partial charge is 0.410 e. The van der Waals surface area contributed by atoms with E-state index >= 15 is 0 Å². The van der Waals surface area contributed by atoms with Gasteiger partial charge in [-0.05, 0) is 36.7 Å². The van der Waals surface area contributed by atoms with Gasteiger partial charge in [-0.2, -0.15) is 0 Å². The highest BCUT2D eigenvalue weighted by Crippen LogP contribution is 2.38. The van der Waals surface area contributed by atoms with Crippen LogP contribution in [0.15, 0.2) is 54.6 Å². The lowest BCUT2D eigenvalue weighted by Gasteiger charge is -2.17. The maximum absolute atomic E-state index is 12.4. The van der Waals surface area contributed by atoms with Crippen LogP contribution in [0, 0.1) is 0 Å². The predicted octanol–water partition coefficient (Wildman–Crippen LogP) is 3.14. The summed E-state index contributed by atoms with van der Waals surface area (Å²) in [6, 6.07) is 17.1. The molecule has 0 radical (unpaired) electrons. The van der Waals surface area contributed by atoms with Gasteiger partial charge in [0.25, 0.3) is 0 Å². The summed E-state index contributed by atoms with van der Waals surface area (Å²) in [4.78, 5) is 14.1. The summed E-state index contributed by atoms with van der Waals surface area (Å²) < 4.78 is 5.44. The summed E-state index contributed by atoms with van der Waals surface area (Å²) in [7, 11) is 0. The van der Waals surface area contributed by atoms with Crippen LogP contribution in [-0.4, -0.2) is 19.2 Å². The lowest BCUT2D eigenvalue weighted by molar-refractivity contribution is 0.207. The van der Waals surface area contributed by atoms with Gasteiger partial charge in [0, 0.05) is 12.5 Å². The van der Waals surface area contributed by atoms with Crippen molar-refractivity contribution >= 4 is 11.8 Å². The molecule has 0 saturated heterocycles. The van der Waals surface area contributed by atoms with Gasteiger partial charge in [0.1, 0.15) is 5.75 Å². The van der Waals surface area contributed by atoms with E-state index in [2.05, 4.69) is 6.07 Å². The first-order valence-electron chi connectivity index (χ1n) is 7.13. The number of nitrogens with two attached hydrogens (primary N) is 1. The van der Waals surface area contributed by atoms with E-state index in [9.17, 15) is 4.79 Å². The third kappa shape index (κ3) is 2.76. The molecule has 1 unspecified atom stereocenters. The molecule has 1 heterocycles. The lowest BCUT2D eigenvalue weighted by Crippen LogP contribution is -2.32. The molecule has 2 aromatic carbocycles. The van der Waals surface area contributed by atoms with Crippen LogP contribution in [0.3, 0.4) is 0 Å². The number of rotatable bonds is 3. The maximum atomic E-state index is 12.4. The molecule has 4 nitrogen and oxygen atoms in total. The Morgan fingerprint density at radius 1 is 1.14 bits per heavy atom. The Morgan fingerprint density at radius 3 is 2.62 bits per heavy atom. The van der Waals surface area contributed by atoms with Crippen LogP contribution in [-0.2, 0) is 0 Å². The number of anilines is 1. The van der Waals surface area contributed by atoms with Crippen LogP contribution in [0.2, 0.25) is 0 Å². The molecule has 3 rings (SSSR count). The second-order valence-corrected chi connectivity index (χ2v) is 5.12. The van der Waals surface area contributed by atoms with Crippen LogP contribution in [0.25, 0.3) is 0 Å². The Balaban J connectivity index is 1.81. The normalized spacial score (nSPS) is 16.6. The van der Waals surface area contributed by atoms with E-state index in [1.165, 1.54) is 5.56 Å². The second kappa shape index (κ2) is 5.97. The van der Waals surface area contributed by atoms with Crippen LogP contribution in [0.1, 0.15) is 17.9 Å². The zero-order chi connectivity index (χ0) is 14.7. The van der Waals surface area contributed by atoms with Gasteiger partial charge in [0.05, 0.1) is 5.69 Å². The van der Waals surface area contributed by atoms with E-state index in [0.29, 0.717) is 18.8 Å². The van der Waals surface area contributed by atoms with Crippen molar-refractivity contribution < 1.29 is 9.53 Å². The van der Waals surface area contributed by atoms with E-state index in [-0.39, 0.29) is 12.0 Å². The zero-order valence-electron chi connectivity index (χ0n) is 11.7. The zero-order valence-corrected chi connectivity index (χ0v) is 11.7. The Bertz CT molecular complexity index is 628. The number of nitrogens with zero attached hydrogens (tertiary/aromatic N) is 1. The van der Waals surface area contributed by atoms with Crippen molar-refractivity contribution in [2.45, 2.75) is 12.3 Å². The van der Waals surface area contributed by atoms with Gasteiger partial charge in [-0.25, -0.2) is 4.79 Å². The van der Waals surface area contributed by atoms with Crippen molar-refractivity contribution in [3.63, 3.8) is 0 Å². The van der Waals surface area contributed by atoms with Crippen LogP contribution < -0.4 is 15.4 Å². The lowest BCUT2D eigenvalue weighted by atomic mass is 9.98. The standard InChI is InChI=1S/C17H18N2O2/c18-11-10-13-12-19(16-9-5-4-8-15(13)16)17(20)21-14-6-2-1-3-7-14/h1-9,13H,10-12,18H2. The van der Waals surface area contributed by atoms with E-state index in [0.717, 1.165) is 12.1 Å². The molecule has 1 atom stereocenters. The molecule has 0 spiro atoms. The van der Waals surface area contributed by atoms with Crippen LogP contribution in [0.4, 0.5) is 10.5 Å². The molecular formula is C17H18N2O2. The van der Waals surface area contributed by atoms with Crippen molar-refractivity contribution in [2.75, 3.05) is 18.0 Å². The fourth-order valence-electron chi connectivity index (χ4n) is 2.76. The van der Waals surface area contributed by atoms with Crippen molar-refractivity contribution in [3.8, 4) is 5.75 Å². The third-order valence-corrected chi connectivity index (χ3v) is 3.75. The Morgan fingerprint density at radius 2 is 1.86 bits per heavy atom. The molecule has 0 bridgehead atoms. The fourth-order valence-corrected chi connectivity index (χ4v) is 2.76. The molecule has 0 saturated carbocycles. The largest absolute Gasteiger partial charge is 0.419 e. The SMILES string of the molecule is NCCC1CN(C(=O)Oc2ccccc2)c2ccccc21. The quantitative estimate of drug-likeness (QED) is 0.941. The molecule has 0 fully saturated rings. The van der Waals surface area contributed by atoms with Crippen molar-refractivity contribution in [2.24, 2.45) is 5.73 Å². The Kier molecular flexibility index (Phi) is 3.88. The highest BCUT2D eigenvalue weighted by molar-refractivity contribution is 5.92. The Labute approximate surface area is 124 Å². The number of hydrogen-bond donors (Lipinski definition) is 1. The van der Waals surface area contributed by atoms with Crippen molar-refractivity contribution in [3.05, 3.63) is 60.2 Å². The molecule has 21 heavy (non-hydrogen) atoms. The van der Waals surface area contributed by atoms with E-state index in [1.54, 1.807) is 17.0 Å². The minimum Gasteiger partial charge on any atom is -0.410 e. The number of carbonyl (C=O) groups is 1. The molecule has 2 aromatic rings. The number of para-hydroxylation sites is 2. The predicted molar refractivity (Wildman–Crippen MR) is 82.7 cm³/mol. The van der Waals surface area contributed by atoms with Gasteiger partial charge < -0.3 is 10.5 Å². The average molecular weight is 282 g/mol. The minimum absolute atomic E-state index is 0.287. The molecule has 4 heteroatoms. The van der Waals surface area contributed by atoms with Gasteiger partial charge in [0.15, 0.2) is 0 Å². The number of carbonyl (C=O) groups excluding carboxylic acids is 1. The molecular weight excluding hydrogens is 264 g/mol. The van der Waals surface area contributed by atoms with Crippen molar-refractivity contribution in [1.29, 1.82) is 0 Å². The highest BCUT2D eigenvalue weighted by atomic mass is 16.6. The first kappa shape index (κ1) is 13.6. The van der Waals surface area contributed by atoms with E-state index < -0.39 is 0 Å². The first-order valence-corrected chi connectivity index (χ1v) is 7.13.